The van der Waals surface area contributed by atoms with Gasteiger partial charge in [0, 0.05) is 61.1 Å². The van der Waals surface area contributed by atoms with E-state index in [0.717, 1.165) is 5.56 Å². The molecule has 0 spiro atoms. The molecule has 2 aromatic carbocycles. The van der Waals surface area contributed by atoms with Crippen molar-refractivity contribution in [1.29, 1.82) is 0 Å². The molecule has 12 heteroatoms. The lowest BCUT2D eigenvalue weighted by atomic mass is 10.1. The first kappa shape index (κ1) is 25.1. The topological polar surface area (TPSA) is 125 Å². The Labute approximate surface area is 219 Å². The van der Waals surface area contributed by atoms with Crippen molar-refractivity contribution >= 4 is 50.8 Å². The van der Waals surface area contributed by atoms with Gasteiger partial charge < -0.3 is 15.5 Å². The number of likely N-dealkylation sites (N-methyl/N-ethyl adjacent to an activating group) is 1. The van der Waals surface area contributed by atoms with Gasteiger partial charge in [0.2, 0.25) is 27.8 Å². The molecule has 2 N–H and O–H groups in total. The van der Waals surface area contributed by atoms with Crippen molar-refractivity contribution in [2.75, 3.05) is 30.8 Å². The number of sulfonamides is 1. The third-order valence-electron chi connectivity index (χ3n) is 6.65. The van der Waals surface area contributed by atoms with Gasteiger partial charge in [-0.3, -0.25) is 9.59 Å². The highest BCUT2D eigenvalue weighted by atomic mass is 35.5. The van der Waals surface area contributed by atoms with E-state index in [0.29, 0.717) is 46.6 Å². The summed E-state index contributed by atoms with van der Waals surface area (Å²) in [5.74, 6) is 0.0368. The standard InChI is InChI=1S/C25H25ClN6O4S/c1-15(33)31(2)19-9-10-32(14-19)37(35,36)20-6-4-18(5-7-20)28-25-27-13-16-11-23(34)29-22-12-17(26)3-8-21(22)24(16)30-25/h3-8,12-13,19H,9-11,14H2,1-2H3,(H,29,34)(H,27,28,30). The van der Waals surface area contributed by atoms with Crippen molar-refractivity contribution in [1.82, 2.24) is 19.2 Å². The molecular formula is C25H25ClN6O4S. The maximum absolute atomic E-state index is 13.1. The number of fused-ring (bicyclic) bond motifs is 3. The number of halogens is 1. The van der Waals surface area contributed by atoms with Crippen LogP contribution < -0.4 is 10.6 Å². The normalized spacial score (nSPS) is 17.4. The van der Waals surface area contributed by atoms with Gasteiger partial charge in [-0.15, -0.1) is 0 Å². The Bertz CT molecular complexity index is 1500. The van der Waals surface area contributed by atoms with Crippen LogP contribution in [0.5, 0.6) is 0 Å². The van der Waals surface area contributed by atoms with Crippen molar-refractivity contribution in [3.05, 3.63) is 59.2 Å². The van der Waals surface area contributed by atoms with Crippen molar-refractivity contribution in [2.24, 2.45) is 0 Å². The molecule has 0 bridgehead atoms. The first-order valence-corrected chi connectivity index (χ1v) is 13.5. The number of anilines is 3. The van der Waals surface area contributed by atoms with Gasteiger partial charge in [-0.1, -0.05) is 11.6 Å². The third kappa shape index (κ3) is 5.02. The second-order valence-corrected chi connectivity index (χ2v) is 11.4. The lowest BCUT2D eigenvalue weighted by Gasteiger charge is -2.23. The van der Waals surface area contributed by atoms with Crippen LogP contribution in [0.3, 0.4) is 0 Å². The Kier molecular flexibility index (Phi) is 6.61. The molecule has 10 nitrogen and oxygen atoms in total. The van der Waals surface area contributed by atoms with Crippen LogP contribution in [-0.4, -0.2) is 65.6 Å². The molecule has 1 aromatic heterocycles. The zero-order chi connectivity index (χ0) is 26.3. The van der Waals surface area contributed by atoms with E-state index in [-0.39, 0.29) is 35.7 Å². The minimum Gasteiger partial charge on any atom is -0.342 e. The molecule has 3 aromatic rings. The van der Waals surface area contributed by atoms with E-state index in [1.54, 1.807) is 48.5 Å². The smallest absolute Gasteiger partial charge is 0.243 e. The van der Waals surface area contributed by atoms with Gasteiger partial charge in [0.1, 0.15) is 0 Å². The fraction of sp³-hybridized carbons (Fsp3) is 0.280. The maximum Gasteiger partial charge on any atom is 0.243 e. The highest BCUT2D eigenvalue weighted by Gasteiger charge is 2.35. The Morgan fingerprint density at radius 1 is 1.22 bits per heavy atom. The summed E-state index contributed by atoms with van der Waals surface area (Å²) in [7, 11) is -2.00. The van der Waals surface area contributed by atoms with Crippen LogP contribution in [0.2, 0.25) is 5.02 Å². The van der Waals surface area contributed by atoms with Gasteiger partial charge in [0.15, 0.2) is 0 Å². The number of benzene rings is 2. The molecule has 1 saturated heterocycles. The molecule has 0 aliphatic carbocycles. The summed E-state index contributed by atoms with van der Waals surface area (Å²) < 4.78 is 27.7. The minimum absolute atomic E-state index is 0.0881. The molecule has 2 aliphatic rings. The Morgan fingerprint density at radius 3 is 2.70 bits per heavy atom. The summed E-state index contributed by atoms with van der Waals surface area (Å²) in [5.41, 5.74) is 3.21. The van der Waals surface area contributed by atoms with E-state index < -0.39 is 10.0 Å². The van der Waals surface area contributed by atoms with E-state index in [9.17, 15) is 18.0 Å². The van der Waals surface area contributed by atoms with E-state index in [1.165, 1.54) is 23.4 Å². The molecule has 0 radical (unpaired) electrons. The molecule has 1 unspecified atom stereocenters. The molecule has 37 heavy (non-hydrogen) atoms. The number of amides is 2. The van der Waals surface area contributed by atoms with Crippen LogP contribution in [0.1, 0.15) is 18.9 Å². The van der Waals surface area contributed by atoms with Crippen molar-refractivity contribution in [3.8, 4) is 11.3 Å². The number of carbonyl (C=O) groups is 2. The first-order chi connectivity index (χ1) is 17.6. The summed E-state index contributed by atoms with van der Waals surface area (Å²) in [4.78, 5) is 34.7. The van der Waals surface area contributed by atoms with Crippen LogP contribution in [0.25, 0.3) is 11.3 Å². The number of aromatic nitrogens is 2. The molecule has 5 rings (SSSR count). The zero-order valence-corrected chi connectivity index (χ0v) is 21.8. The average Bonchev–Trinajstić information content (AvgIpc) is 3.31. The number of carbonyl (C=O) groups excluding carboxylic acids is 2. The van der Waals surface area contributed by atoms with Crippen LogP contribution in [0.4, 0.5) is 17.3 Å². The SMILES string of the molecule is CC(=O)N(C)C1CCN(S(=O)(=O)c2ccc(Nc3ncc4c(n3)-c3ccc(Cl)cc3NC(=O)C4)cc2)C1. The van der Waals surface area contributed by atoms with E-state index in [4.69, 9.17) is 11.6 Å². The van der Waals surface area contributed by atoms with Crippen LogP contribution >= 0.6 is 11.6 Å². The van der Waals surface area contributed by atoms with E-state index in [1.807, 2.05) is 0 Å². The maximum atomic E-state index is 13.1. The third-order valence-corrected chi connectivity index (χ3v) is 8.76. The Balaban J connectivity index is 1.35. The van der Waals surface area contributed by atoms with Gasteiger partial charge >= 0.3 is 0 Å². The molecule has 3 heterocycles. The fourth-order valence-electron chi connectivity index (χ4n) is 4.51. The summed E-state index contributed by atoms with van der Waals surface area (Å²) in [6.45, 7) is 2.10. The van der Waals surface area contributed by atoms with Crippen molar-refractivity contribution in [3.63, 3.8) is 0 Å². The van der Waals surface area contributed by atoms with Gasteiger partial charge in [0.25, 0.3) is 0 Å². The highest BCUT2D eigenvalue weighted by molar-refractivity contribution is 7.89. The molecule has 192 valence electrons. The first-order valence-electron chi connectivity index (χ1n) is 11.7. The number of rotatable bonds is 5. The minimum atomic E-state index is -3.69. The van der Waals surface area contributed by atoms with Crippen LogP contribution in [0.15, 0.2) is 53.6 Å². The summed E-state index contributed by atoms with van der Waals surface area (Å²) in [5, 5.41) is 6.45. The summed E-state index contributed by atoms with van der Waals surface area (Å²) in [6, 6.07) is 11.4. The largest absolute Gasteiger partial charge is 0.342 e. The Hall–Kier alpha value is -3.54. The molecule has 1 fully saturated rings. The van der Waals surface area contributed by atoms with Crippen molar-refractivity contribution < 1.29 is 18.0 Å². The Morgan fingerprint density at radius 2 is 1.97 bits per heavy atom. The van der Waals surface area contributed by atoms with Crippen LogP contribution in [0, 0.1) is 0 Å². The average molecular weight is 541 g/mol. The molecule has 0 saturated carbocycles. The van der Waals surface area contributed by atoms with Gasteiger partial charge in [-0.25, -0.2) is 18.4 Å². The second kappa shape index (κ2) is 9.73. The fourth-order valence-corrected chi connectivity index (χ4v) is 6.18. The predicted molar refractivity (Wildman–Crippen MR) is 140 cm³/mol. The molecule has 1 atom stereocenters. The number of nitrogens with one attached hydrogen (secondary N) is 2. The monoisotopic (exact) mass is 540 g/mol. The molecular weight excluding hydrogens is 516 g/mol. The van der Waals surface area contributed by atoms with Gasteiger partial charge in [-0.05, 0) is 48.9 Å². The lowest BCUT2D eigenvalue weighted by Crippen LogP contribution is -2.38. The lowest BCUT2D eigenvalue weighted by molar-refractivity contribution is -0.129. The zero-order valence-electron chi connectivity index (χ0n) is 20.2. The second-order valence-electron chi connectivity index (χ2n) is 9.07. The molecule has 2 amide bonds. The summed E-state index contributed by atoms with van der Waals surface area (Å²) >= 11 is 6.11. The number of hydrogen-bond acceptors (Lipinski definition) is 7. The van der Waals surface area contributed by atoms with Crippen molar-refractivity contribution in [2.45, 2.75) is 30.7 Å². The van der Waals surface area contributed by atoms with Gasteiger partial charge in [-0.2, -0.15) is 4.31 Å². The quantitative estimate of drug-likeness (QED) is 0.509. The summed E-state index contributed by atoms with van der Waals surface area (Å²) in [6.07, 6.45) is 2.34. The number of nitrogens with zero attached hydrogens (tertiary/aromatic N) is 4. The molecule has 2 aliphatic heterocycles. The van der Waals surface area contributed by atoms with E-state index >= 15 is 0 Å². The van der Waals surface area contributed by atoms with E-state index in [2.05, 4.69) is 20.6 Å². The van der Waals surface area contributed by atoms with Crippen LogP contribution in [-0.2, 0) is 26.0 Å². The van der Waals surface area contributed by atoms with Gasteiger partial charge in [0.05, 0.1) is 22.7 Å². The highest BCUT2D eigenvalue weighted by Crippen LogP contribution is 2.35. The predicted octanol–water partition coefficient (Wildman–Crippen LogP) is 3.28. The number of hydrogen-bond donors (Lipinski definition) is 2.